The predicted octanol–water partition coefficient (Wildman–Crippen LogP) is 2.09. The molecule has 0 aliphatic rings. The standard InChI is InChI=1S/C19H22F2N2O5S/c1-13(12-28-18-7-6-15(20)11-17(18)21)23-19(24)14-4-3-5-16(10-14)29(25,26)22-8-9-27-2/h3-7,10-11,13,22H,8-9,12H2,1-2H3,(H,23,24). The Labute approximate surface area is 168 Å². The summed E-state index contributed by atoms with van der Waals surface area (Å²) in [6.07, 6.45) is 0. The molecule has 10 heteroatoms. The lowest BCUT2D eigenvalue weighted by atomic mass is 10.2. The van der Waals surface area contributed by atoms with E-state index in [4.69, 9.17) is 9.47 Å². The van der Waals surface area contributed by atoms with Crippen LogP contribution >= 0.6 is 0 Å². The minimum absolute atomic E-state index is 0.0569. The van der Waals surface area contributed by atoms with Gasteiger partial charge >= 0.3 is 0 Å². The SMILES string of the molecule is COCCNS(=O)(=O)c1cccc(C(=O)NC(C)COc2ccc(F)cc2F)c1. The Morgan fingerprint density at radius 3 is 2.62 bits per heavy atom. The van der Waals surface area contributed by atoms with Gasteiger partial charge in [0.05, 0.1) is 17.5 Å². The highest BCUT2D eigenvalue weighted by Crippen LogP contribution is 2.18. The molecule has 1 unspecified atom stereocenters. The number of hydrogen-bond acceptors (Lipinski definition) is 5. The van der Waals surface area contributed by atoms with E-state index in [0.717, 1.165) is 12.1 Å². The van der Waals surface area contributed by atoms with Crippen molar-refractivity contribution in [2.75, 3.05) is 26.9 Å². The predicted molar refractivity (Wildman–Crippen MR) is 102 cm³/mol. The molecular formula is C19H22F2N2O5S. The number of sulfonamides is 1. The number of benzene rings is 2. The Hall–Kier alpha value is -2.56. The van der Waals surface area contributed by atoms with E-state index in [1.54, 1.807) is 6.92 Å². The first-order chi connectivity index (χ1) is 13.7. The van der Waals surface area contributed by atoms with Crippen molar-refractivity contribution in [3.8, 4) is 5.75 Å². The van der Waals surface area contributed by atoms with E-state index in [0.29, 0.717) is 6.07 Å². The highest BCUT2D eigenvalue weighted by atomic mass is 32.2. The van der Waals surface area contributed by atoms with Gasteiger partial charge in [0.25, 0.3) is 5.91 Å². The molecule has 0 aromatic heterocycles. The Balaban J connectivity index is 1.97. The molecule has 1 amide bonds. The van der Waals surface area contributed by atoms with Gasteiger partial charge in [0.1, 0.15) is 12.4 Å². The van der Waals surface area contributed by atoms with Gasteiger partial charge in [0, 0.05) is 25.3 Å². The molecule has 7 nitrogen and oxygen atoms in total. The van der Waals surface area contributed by atoms with Gasteiger partial charge in [0.15, 0.2) is 11.6 Å². The second-order valence-corrected chi connectivity index (χ2v) is 7.95. The lowest BCUT2D eigenvalue weighted by Gasteiger charge is -2.16. The molecule has 158 valence electrons. The summed E-state index contributed by atoms with van der Waals surface area (Å²) in [4.78, 5) is 12.3. The van der Waals surface area contributed by atoms with Gasteiger partial charge in [-0.2, -0.15) is 0 Å². The number of carbonyl (C=O) groups excluding carboxylic acids is 1. The maximum absolute atomic E-state index is 13.6. The molecule has 0 saturated carbocycles. The number of nitrogens with one attached hydrogen (secondary N) is 2. The van der Waals surface area contributed by atoms with Gasteiger partial charge in [-0.15, -0.1) is 0 Å². The van der Waals surface area contributed by atoms with Crippen LogP contribution < -0.4 is 14.8 Å². The zero-order valence-corrected chi connectivity index (χ0v) is 16.8. The van der Waals surface area contributed by atoms with Crippen LogP contribution in [0.2, 0.25) is 0 Å². The second kappa shape index (κ2) is 10.3. The van der Waals surface area contributed by atoms with Crippen molar-refractivity contribution in [2.45, 2.75) is 17.9 Å². The van der Waals surface area contributed by atoms with Crippen LogP contribution in [-0.4, -0.2) is 47.2 Å². The number of amides is 1. The first kappa shape index (κ1) is 22.7. The topological polar surface area (TPSA) is 93.7 Å². The molecule has 1 atom stereocenters. The van der Waals surface area contributed by atoms with E-state index < -0.39 is 33.6 Å². The van der Waals surface area contributed by atoms with Gasteiger partial charge in [-0.1, -0.05) is 6.07 Å². The monoisotopic (exact) mass is 428 g/mol. The van der Waals surface area contributed by atoms with Crippen molar-refractivity contribution in [1.82, 2.24) is 10.0 Å². The third-order valence-corrected chi connectivity index (χ3v) is 5.22. The van der Waals surface area contributed by atoms with Crippen LogP contribution in [0.15, 0.2) is 47.4 Å². The molecule has 0 aliphatic heterocycles. The van der Waals surface area contributed by atoms with Gasteiger partial charge < -0.3 is 14.8 Å². The summed E-state index contributed by atoms with van der Waals surface area (Å²) in [5.74, 6) is -2.22. The Morgan fingerprint density at radius 1 is 1.17 bits per heavy atom. The molecule has 0 fully saturated rings. The Morgan fingerprint density at radius 2 is 1.93 bits per heavy atom. The fourth-order valence-electron chi connectivity index (χ4n) is 2.32. The van der Waals surface area contributed by atoms with Crippen LogP contribution in [0.5, 0.6) is 5.75 Å². The number of methoxy groups -OCH3 is 1. The van der Waals surface area contributed by atoms with Crippen molar-refractivity contribution in [1.29, 1.82) is 0 Å². The lowest BCUT2D eigenvalue weighted by molar-refractivity contribution is 0.0926. The third-order valence-electron chi connectivity index (χ3n) is 3.77. The fraction of sp³-hybridized carbons (Fsp3) is 0.316. The van der Waals surface area contributed by atoms with E-state index in [1.165, 1.54) is 31.4 Å². The summed E-state index contributed by atoms with van der Waals surface area (Å²) in [6.45, 7) is 1.88. The van der Waals surface area contributed by atoms with E-state index in [1.807, 2.05) is 0 Å². The van der Waals surface area contributed by atoms with E-state index >= 15 is 0 Å². The third kappa shape index (κ3) is 6.77. The molecule has 0 heterocycles. The average molecular weight is 428 g/mol. The molecule has 0 saturated heterocycles. The van der Waals surface area contributed by atoms with E-state index in [-0.39, 0.29) is 36.0 Å². The molecule has 0 bridgehead atoms. The van der Waals surface area contributed by atoms with Gasteiger partial charge in [0.2, 0.25) is 10.0 Å². The maximum Gasteiger partial charge on any atom is 0.251 e. The first-order valence-electron chi connectivity index (χ1n) is 8.70. The first-order valence-corrected chi connectivity index (χ1v) is 10.2. The summed E-state index contributed by atoms with van der Waals surface area (Å²) in [5.41, 5.74) is 0.138. The zero-order valence-electron chi connectivity index (χ0n) is 15.9. The fourth-order valence-corrected chi connectivity index (χ4v) is 3.38. The van der Waals surface area contributed by atoms with Crippen LogP contribution in [0, 0.1) is 11.6 Å². The molecule has 2 N–H and O–H groups in total. The van der Waals surface area contributed by atoms with Crippen molar-refractivity contribution < 1.29 is 31.5 Å². The smallest absolute Gasteiger partial charge is 0.251 e. The molecule has 0 aliphatic carbocycles. The minimum Gasteiger partial charge on any atom is -0.488 e. The molecule has 2 aromatic carbocycles. The summed E-state index contributed by atoms with van der Waals surface area (Å²) < 4.78 is 63.4. The summed E-state index contributed by atoms with van der Waals surface area (Å²) in [6, 6.07) is 7.94. The number of ether oxygens (including phenoxy) is 2. The van der Waals surface area contributed by atoms with E-state index in [9.17, 15) is 22.0 Å². The number of hydrogen-bond donors (Lipinski definition) is 2. The van der Waals surface area contributed by atoms with Crippen LogP contribution in [-0.2, 0) is 14.8 Å². The second-order valence-electron chi connectivity index (χ2n) is 6.18. The lowest BCUT2D eigenvalue weighted by Crippen LogP contribution is -2.37. The van der Waals surface area contributed by atoms with Crippen LogP contribution in [0.1, 0.15) is 17.3 Å². The molecule has 0 spiro atoms. The Bertz CT molecular complexity index is 953. The maximum atomic E-state index is 13.6. The number of carbonyl (C=O) groups is 1. The molecule has 2 aromatic rings. The van der Waals surface area contributed by atoms with Crippen LogP contribution in [0.25, 0.3) is 0 Å². The average Bonchev–Trinajstić information content (AvgIpc) is 2.67. The molecule has 0 radical (unpaired) electrons. The highest BCUT2D eigenvalue weighted by Gasteiger charge is 2.17. The highest BCUT2D eigenvalue weighted by molar-refractivity contribution is 7.89. The van der Waals surface area contributed by atoms with Crippen LogP contribution in [0.3, 0.4) is 0 Å². The largest absolute Gasteiger partial charge is 0.488 e. The van der Waals surface area contributed by atoms with Crippen molar-refractivity contribution in [2.24, 2.45) is 0 Å². The van der Waals surface area contributed by atoms with Crippen molar-refractivity contribution >= 4 is 15.9 Å². The number of halogens is 2. The summed E-state index contributed by atoms with van der Waals surface area (Å²) in [5, 5.41) is 2.63. The summed E-state index contributed by atoms with van der Waals surface area (Å²) in [7, 11) is -2.33. The van der Waals surface area contributed by atoms with Gasteiger partial charge in [-0.25, -0.2) is 21.9 Å². The summed E-state index contributed by atoms with van der Waals surface area (Å²) >= 11 is 0. The molecular weight excluding hydrogens is 406 g/mol. The normalized spacial score (nSPS) is 12.4. The van der Waals surface area contributed by atoms with Crippen molar-refractivity contribution in [3.63, 3.8) is 0 Å². The quantitative estimate of drug-likeness (QED) is 0.565. The van der Waals surface area contributed by atoms with Gasteiger partial charge in [-0.3, -0.25) is 4.79 Å². The van der Waals surface area contributed by atoms with E-state index in [2.05, 4.69) is 10.0 Å². The van der Waals surface area contributed by atoms with Gasteiger partial charge in [-0.05, 0) is 37.3 Å². The molecule has 2 rings (SSSR count). The molecule has 29 heavy (non-hydrogen) atoms. The minimum atomic E-state index is -3.78. The van der Waals surface area contributed by atoms with Crippen LogP contribution in [0.4, 0.5) is 8.78 Å². The van der Waals surface area contributed by atoms with Crippen molar-refractivity contribution in [3.05, 3.63) is 59.7 Å². The zero-order chi connectivity index (χ0) is 21.4. The Kier molecular flexibility index (Phi) is 8.06. The number of rotatable bonds is 10.